The highest BCUT2D eigenvalue weighted by Gasteiger charge is 2.20. The summed E-state index contributed by atoms with van der Waals surface area (Å²) in [6.45, 7) is 2.34. The molecule has 0 radical (unpaired) electrons. The number of rotatable bonds is 4. The monoisotopic (exact) mass is 410 g/mol. The van der Waals surface area contributed by atoms with Gasteiger partial charge in [0.25, 0.3) is 0 Å². The molecule has 6 heteroatoms. The Morgan fingerprint density at radius 1 is 1.10 bits per heavy atom. The van der Waals surface area contributed by atoms with Gasteiger partial charge in [-0.1, -0.05) is 62.9 Å². The summed E-state index contributed by atoms with van der Waals surface area (Å²) in [5, 5.41) is 0.914. The van der Waals surface area contributed by atoms with Crippen molar-refractivity contribution >= 4 is 50.7 Å². The smallest absolute Gasteiger partial charge is 0.146 e. The number of alkyl halides is 1. The zero-order valence-electron chi connectivity index (χ0n) is 11.0. The zero-order valence-corrected chi connectivity index (χ0v) is 14.8. The largest absolute Gasteiger partial charge is 0.492 e. The maximum atomic E-state index is 14.1. The molecule has 1 nitrogen and oxygen atoms in total. The first-order chi connectivity index (χ1) is 9.95. The van der Waals surface area contributed by atoms with Crippen molar-refractivity contribution in [3.8, 4) is 5.75 Å². The maximum Gasteiger partial charge on any atom is 0.146 e. The third-order valence-corrected chi connectivity index (χ3v) is 4.78. The summed E-state index contributed by atoms with van der Waals surface area (Å²) in [7, 11) is 0. The summed E-state index contributed by atoms with van der Waals surface area (Å²) in [6, 6.07) is 8.10. The van der Waals surface area contributed by atoms with Gasteiger partial charge in [0.05, 0.1) is 21.5 Å². The molecule has 0 saturated carbocycles. The maximum absolute atomic E-state index is 14.1. The van der Waals surface area contributed by atoms with E-state index in [1.807, 2.05) is 6.92 Å². The van der Waals surface area contributed by atoms with Crippen molar-refractivity contribution in [2.24, 2.45) is 0 Å². The van der Waals surface area contributed by atoms with Gasteiger partial charge in [-0.15, -0.1) is 0 Å². The molecule has 0 heterocycles. The molecule has 0 aliphatic heterocycles. The van der Waals surface area contributed by atoms with Crippen LogP contribution in [0.4, 0.5) is 4.39 Å². The van der Waals surface area contributed by atoms with Crippen LogP contribution in [0.15, 0.2) is 30.3 Å². The van der Waals surface area contributed by atoms with Crippen LogP contribution in [0.3, 0.4) is 0 Å². The quantitative estimate of drug-likeness (QED) is 0.510. The van der Waals surface area contributed by atoms with Gasteiger partial charge in [0.1, 0.15) is 11.6 Å². The van der Waals surface area contributed by atoms with Gasteiger partial charge in [0.2, 0.25) is 0 Å². The highest BCUT2D eigenvalue weighted by Crippen LogP contribution is 2.41. The Morgan fingerprint density at radius 3 is 2.48 bits per heavy atom. The Kier molecular flexibility index (Phi) is 5.78. The van der Waals surface area contributed by atoms with Crippen LogP contribution in [-0.4, -0.2) is 6.61 Å². The van der Waals surface area contributed by atoms with E-state index in [-0.39, 0.29) is 5.02 Å². The highest BCUT2D eigenvalue weighted by atomic mass is 79.9. The second kappa shape index (κ2) is 7.19. The number of halogens is 5. The second-order valence-corrected chi connectivity index (χ2v) is 6.38. The predicted molar refractivity (Wildman–Crippen MR) is 89.8 cm³/mol. The third kappa shape index (κ3) is 3.65. The van der Waals surface area contributed by atoms with E-state index in [9.17, 15) is 4.39 Å². The van der Waals surface area contributed by atoms with Crippen LogP contribution in [0, 0.1) is 5.82 Å². The van der Waals surface area contributed by atoms with Gasteiger partial charge >= 0.3 is 0 Å². The van der Waals surface area contributed by atoms with Crippen LogP contribution in [-0.2, 0) is 0 Å². The van der Waals surface area contributed by atoms with E-state index < -0.39 is 10.6 Å². The van der Waals surface area contributed by atoms with Crippen molar-refractivity contribution in [3.63, 3.8) is 0 Å². The Balaban J connectivity index is 2.46. The summed E-state index contributed by atoms with van der Waals surface area (Å²) >= 11 is 21.7. The van der Waals surface area contributed by atoms with Crippen molar-refractivity contribution < 1.29 is 9.13 Å². The molecule has 0 aliphatic rings. The molecule has 0 aromatic heterocycles. The van der Waals surface area contributed by atoms with Gasteiger partial charge in [0, 0.05) is 16.7 Å². The number of benzene rings is 2. The molecule has 0 amide bonds. The first-order valence-corrected chi connectivity index (χ1v) is 8.20. The summed E-state index contributed by atoms with van der Waals surface area (Å²) < 4.78 is 19.5. The van der Waals surface area contributed by atoms with Gasteiger partial charge in [-0.25, -0.2) is 4.39 Å². The standard InChI is InChI=1S/C15H11BrCl3FO/c1-2-21-13-7-11(18)9(6-12(13)19)14(16)8-4-3-5-10(17)15(8)20/h3-7,14H,2H2,1H3. The third-order valence-electron chi connectivity index (χ3n) is 2.88. The van der Waals surface area contributed by atoms with E-state index in [0.29, 0.717) is 33.5 Å². The Hall–Kier alpha value is -0.480. The highest BCUT2D eigenvalue weighted by molar-refractivity contribution is 9.09. The van der Waals surface area contributed by atoms with E-state index in [2.05, 4.69) is 15.9 Å². The fraction of sp³-hybridized carbons (Fsp3) is 0.200. The van der Waals surface area contributed by atoms with E-state index in [1.54, 1.807) is 24.3 Å². The van der Waals surface area contributed by atoms with Crippen LogP contribution < -0.4 is 4.74 Å². The summed E-state index contributed by atoms with van der Waals surface area (Å²) in [6.07, 6.45) is 0. The molecule has 0 saturated heterocycles. The van der Waals surface area contributed by atoms with Crippen molar-refractivity contribution in [1.29, 1.82) is 0 Å². The minimum Gasteiger partial charge on any atom is -0.492 e. The molecule has 112 valence electrons. The number of hydrogen-bond acceptors (Lipinski definition) is 1. The van der Waals surface area contributed by atoms with Crippen molar-refractivity contribution in [3.05, 3.63) is 62.3 Å². The lowest BCUT2D eigenvalue weighted by Crippen LogP contribution is -2.00. The minimum absolute atomic E-state index is 0.0603. The molecule has 2 aromatic carbocycles. The van der Waals surface area contributed by atoms with Crippen LogP contribution in [0.2, 0.25) is 15.1 Å². The number of hydrogen-bond donors (Lipinski definition) is 0. The van der Waals surface area contributed by atoms with Crippen LogP contribution >= 0.6 is 50.7 Å². The average molecular weight is 413 g/mol. The van der Waals surface area contributed by atoms with Gasteiger partial charge in [-0.2, -0.15) is 0 Å². The Morgan fingerprint density at radius 2 is 1.81 bits per heavy atom. The van der Waals surface area contributed by atoms with E-state index in [0.717, 1.165) is 0 Å². The first kappa shape index (κ1) is 16.9. The van der Waals surface area contributed by atoms with Crippen LogP contribution in [0.25, 0.3) is 0 Å². The molecule has 0 N–H and O–H groups in total. The summed E-state index contributed by atoms with van der Waals surface area (Å²) in [4.78, 5) is -0.461. The predicted octanol–water partition coefficient (Wildman–Crippen LogP) is 6.67. The van der Waals surface area contributed by atoms with Crippen molar-refractivity contribution in [1.82, 2.24) is 0 Å². The fourth-order valence-corrected chi connectivity index (χ4v) is 3.42. The normalized spacial score (nSPS) is 12.3. The minimum atomic E-state index is -0.484. The summed E-state index contributed by atoms with van der Waals surface area (Å²) in [5.74, 6) is 0.0151. The lowest BCUT2D eigenvalue weighted by molar-refractivity contribution is 0.340. The zero-order chi connectivity index (χ0) is 15.6. The molecule has 0 bridgehead atoms. The first-order valence-electron chi connectivity index (χ1n) is 6.15. The van der Waals surface area contributed by atoms with Gasteiger partial charge in [0.15, 0.2) is 0 Å². The molecular formula is C15H11BrCl3FO. The topological polar surface area (TPSA) is 9.23 Å². The molecular weight excluding hydrogens is 401 g/mol. The Labute approximate surface area is 146 Å². The van der Waals surface area contributed by atoms with E-state index in [4.69, 9.17) is 39.5 Å². The fourth-order valence-electron chi connectivity index (χ4n) is 1.89. The molecule has 1 atom stereocenters. The van der Waals surface area contributed by atoms with E-state index >= 15 is 0 Å². The summed E-state index contributed by atoms with van der Waals surface area (Å²) in [5.41, 5.74) is 1.04. The van der Waals surface area contributed by atoms with Crippen molar-refractivity contribution in [2.45, 2.75) is 11.8 Å². The van der Waals surface area contributed by atoms with Gasteiger partial charge in [-0.05, 0) is 24.6 Å². The molecule has 21 heavy (non-hydrogen) atoms. The van der Waals surface area contributed by atoms with Crippen LogP contribution in [0.5, 0.6) is 5.75 Å². The van der Waals surface area contributed by atoms with Crippen molar-refractivity contribution in [2.75, 3.05) is 6.61 Å². The molecule has 2 aromatic rings. The second-order valence-electron chi connectivity index (χ2n) is 4.24. The van der Waals surface area contributed by atoms with Crippen LogP contribution in [0.1, 0.15) is 22.9 Å². The Bertz CT molecular complexity index is 664. The molecule has 0 aliphatic carbocycles. The molecule has 2 rings (SSSR count). The molecule has 1 unspecified atom stereocenters. The SMILES string of the molecule is CCOc1cc(Cl)c(C(Br)c2cccc(Cl)c2F)cc1Cl. The molecule has 0 fully saturated rings. The average Bonchev–Trinajstić information content (AvgIpc) is 2.45. The van der Waals surface area contributed by atoms with Gasteiger partial charge < -0.3 is 4.74 Å². The van der Waals surface area contributed by atoms with E-state index in [1.165, 1.54) is 6.07 Å². The lowest BCUT2D eigenvalue weighted by atomic mass is 10.0. The molecule has 0 spiro atoms. The van der Waals surface area contributed by atoms with Gasteiger partial charge in [-0.3, -0.25) is 0 Å². The lowest BCUT2D eigenvalue weighted by Gasteiger charge is -2.16. The number of ether oxygens (including phenoxy) is 1.